The first-order chi connectivity index (χ1) is 8.70. The summed E-state index contributed by atoms with van der Waals surface area (Å²) in [5, 5.41) is 2.79. The molecule has 0 bridgehead atoms. The molecule has 1 aliphatic carbocycles. The average molecular weight is 268 g/mol. The maximum absolute atomic E-state index is 12.6. The van der Waals surface area contributed by atoms with Crippen molar-refractivity contribution in [3.63, 3.8) is 0 Å². The normalized spacial score (nSPS) is 33.4. The highest BCUT2D eigenvalue weighted by Crippen LogP contribution is 2.46. The lowest BCUT2D eigenvalue weighted by molar-refractivity contribution is -0.165. The molecule has 1 N–H and O–H groups in total. The lowest BCUT2D eigenvalue weighted by Crippen LogP contribution is -2.66. The first-order valence-electron chi connectivity index (χ1n) is 6.85. The van der Waals surface area contributed by atoms with Crippen LogP contribution in [0.25, 0.3) is 0 Å². The first-order valence-corrected chi connectivity index (χ1v) is 6.85. The lowest BCUT2D eigenvalue weighted by atomic mass is 9.63. The molecule has 1 saturated carbocycles. The summed E-state index contributed by atoms with van der Waals surface area (Å²) < 4.78 is 5.44. The third-order valence-electron chi connectivity index (χ3n) is 4.61. The molecule has 1 heterocycles. The van der Waals surface area contributed by atoms with Crippen molar-refractivity contribution in [1.82, 2.24) is 10.2 Å². The van der Waals surface area contributed by atoms with E-state index in [0.29, 0.717) is 13.0 Å². The zero-order valence-corrected chi connectivity index (χ0v) is 12.4. The SMILES string of the molecule is COC1CC(N2CCC(=O)NC(C)(C)C2=O)C1(C)C. The van der Waals surface area contributed by atoms with Crippen molar-refractivity contribution in [3.8, 4) is 0 Å². The summed E-state index contributed by atoms with van der Waals surface area (Å²) in [6, 6.07) is 0.150. The van der Waals surface area contributed by atoms with Crippen LogP contribution >= 0.6 is 0 Å². The number of rotatable bonds is 2. The van der Waals surface area contributed by atoms with Crippen molar-refractivity contribution >= 4 is 11.8 Å². The molecule has 2 fully saturated rings. The number of hydrogen-bond donors (Lipinski definition) is 1. The Labute approximate surface area is 114 Å². The molecule has 108 valence electrons. The number of hydrogen-bond acceptors (Lipinski definition) is 3. The molecule has 2 unspecified atom stereocenters. The van der Waals surface area contributed by atoms with Crippen molar-refractivity contribution in [1.29, 1.82) is 0 Å². The van der Waals surface area contributed by atoms with E-state index < -0.39 is 5.54 Å². The maximum Gasteiger partial charge on any atom is 0.248 e. The minimum atomic E-state index is -0.818. The average Bonchev–Trinajstić information content (AvgIpc) is 2.39. The van der Waals surface area contributed by atoms with E-state index in [1.54, 1.807) is 21.0 Å². The fraction of sp³-hybridized carbons (Fsp3) is 0.857. The second-order valence-electron chi connectivity index (χ2n) is 6.72. The van der Waals surface area contributed by atoms with Crippen molar-refractivity contribution in [2.75, 3.05) is 13.7 Å². The molecule has 0 spiro atoms. The van der Waals surface area contributed by atoms with Gasteiger partial charge < -0.3 is 15.0 Å². The van der Waals surface area contributed by atoms with Crippen LogP contribution in [0.3, 0.4) is 0 Å². The van der Waals surface area contributed by atoms with Gasteiger partial charge in [-0.25, -0.2) is 0 Å². The Kier molecular flexibility index (Phi) is 3.37. The third kappa shape index (κ3) is 2.24. The molecule has 2 rings (SSSR count). The fourth-order valence-electron chi connectivity index (χ4n) is 3.24. The van der Waals surface area contributed by atoms with Gasteiger partial charge in [0.1, 0.15) is 5.54 Å². The molecule has 1 aliphatic heterocycles. The maximum atomic E-state index is 12.6. The van der Waals surface area contributed by atoms with Crippen LogP contribution in [0.5, 0.6) is 0 Å². The van der Waals surface area contributed by atoms with Gasteiger partial charge >= 0.3 is 0 Å². The summed E-state index contributed by atoms with van der Waals surface area (Å²) in [6.07, 6.45) is 1.40. The van der Waals surface area contributed by atoms with Gasteiger partial charge in [-0.1, -0.05) is 13.8 Å². The summed E-state index contributed by atoms with van der Waals surface area (Å²) >= 11 is 0. The largest absolute Gasteiger partial charge is 0.381 e. The third-order valence-corrected chi connectivity index (χ3v) is 4.61. The molecule has 0 aromatic carbocycles. The predicted octanol–water partition coefficient (Wildman–Crippen LogP) is 0.927. The standard InChI is InChI=1S/C14H24N2O3/c1-13(2)9(8-10(13)19-5)16-7-6-11(17)15-14(3,4)12(16)18/h9-10H,6-8H2,1-5H3,(H,15,17). The zero-order chi connectivity index (χ0) is 14.4. The first kappa shape index (κ1) is 14.3. The van der Waals surface area contributed by atoms with Gasteiger partial charge in [0.2, 0.25) is 11.8 Å². The van der Waals surface area contributed by atoms with E-state index in [1.807, 2.05) is 4.90 Å². The number of amides is 2. The predicted molar refractivity (Wildman–Crippen MR) is 71.5 cm³/mol. The molecule has 5 nitrogen and oxygen atoms in total. The van der Waals surface area contributed by atoms with Crippen LogP contribution in [-0.2, 0) is 14.3 Å². The van der Waals surface area contributed by atoms with Crippen molar-refractivity contribution < 1.29 is 14.3 Å². The van der Waals surface area contributed by atoms with E-state index in [0.717, 1.165) is 6.42 Å². The van der Waals surface area contributed by atoms with E-state index in [4.69, 9.17) is 4.74 Å². The Balaban J connectivity index is 2.20. The van der Waals surface area contributed by atoms with Gasteiger partial charge in [0.25, 0.3) is 0 Å². The molecule has 2 aliphatic rings. The number of nitrogens with zero attached hydrogens (tertiary/aromatic N) is 1. The molecular formula is C14H24N2O3. The van der Waals surface area contributed by atoms with Crippen LogP contribution in [0.1, 0.15) is 40.5 Å². The number of methoxy groups -OCH3 is 1. The van der Waals surface area contributed by atoms with Crippen LogP contribution in [0.4, 0.5) is 0 Å². The summed E-state index contributed by atoms with van der Waals surface area (Å²) in [7, 11) is 1.71. The Morgan fingerprint density at radius 2 is 1.89 bits per heavy atom. The van der Waals surface area contributed by atoms with Crippen molar-refractivity contribution in [3.05, 3.63) is 0 Å². The number of ether oxygens (including phenoxy) is 1. The minimum absolute atomic E-state index is 0.00554. The molecule has 5 heteroatoms. The highest BCUT2D eigenvalue weighted by molar-refractivity contribution is 5.93. The van der Waals surface area contributed by atoms with Crippen LogP contribution in [0.2, 0.25) is 0 Å². The van der Waals surface area contributed by atoms with Gasteiger partial charge in [0.15, 0.2) is 0 Å². The van der Waals surface area contributed by atoms with E-state index in [2.05, 4.69) is 19.2 Å². The van der Waals surface area contributed by atoms with E-state index in [1.165, 1.54) is 0 Å². The highest BCUT2D eigenvalue weighted by atomic mass is 16.5. The van der Waals surface area contributed by atoms with Gasteiger partial charge in [-0.3, -0.25) is 9.59 Å². The topological polar surface area (TPSA) is 58.6 Å². The molecule has 0 aromatic heterocycles. The van der Waals surface area contributed by atoms with Crippen LogP contribution in [-0.4, -0.2) is 48.1 Å². The Bertz CT molecular complexity index is 403. The second-order valence-corrected chi connectivity index (χ2v) is 6.72. The summed E-state index contributed by atoms with van der Waals surface area (Å²) in [6.45, 7) is 8.28. The molecular weight excluding hydrogens is 244 g/mol. The molecule has 1 saturated heterocycles. The molecule has 19 heavy (non-hydrogen) atoms. The molecule has 0 aromatic rings. The van der Waals surface area contributed by atoms with Gasteiger partial charge in [-0.05, 0) is 20.3 Å². The van der Waals surface area contributed by atoms with Crippen LogP contribution in [0.15, 0.2) is 0 Å². The number of carbonyl (C=O) groups is 2. The number of nitrogens with one attached hydrogen (secondary N) is 1. The van der Waals surface area contributed by atoms with Gasteiger partial charge in [-0.15, -0.1) is 0 Å². The number of carbonyl (C=O) groups excluding carboxylic acids is 2. The quantitative estimate of drug-likeness (QED) is 0.810. The molecule has 2 amide bonds. The van der Waals surface area contributed by atoms with E-state index >= 15 is 0 Å². The smallest absolute Gasteiger partial charge is 0.248 e. The second kappa shape index (κ2) is 4.47. The summed E-state index contributed by atoms with van der Waals surface area (Å²) in [5.74, 6) is -0.0488. The van der Waals surface area contributed by atoms with Gasteiger partial charge in [0, 0.05) is 31.5 Å². The summed E-state index contributed by atoms with van der Waals surface area (Å²) in [4.78, 5) is 26.2. The van der Waals surface area contributed by atoms with E-state index in [-0.39, 0.29) is 29.4 Å². The van der Waals surface area contributed by atoms with Gasteiger partial charge in [0.05, 0.1) is 6.10 Å². The Morgan fingerprint density at radius 3 is 2.42 bits per heavy atom. The fourth-order valence-corrected chi connectivity index (χ4v) is 3.24. The monoisotopic (exact) mass is 268 g/mol. The van der Waals surface area contributed by atoms with Crippen molar-refractivity contribution in [2.24, 2.45) is 5.41 Å². The molecule has 2 atom stereocenters. The van der Waals surface area contributed by atoms with Crippen molar-refractivity contribution in [2.45, 2.75) is 58.2 Å². The Hall–Kier alpha value is -1.10. The summed E-state index contributed by atoms with van der Waals surface area (Å²) in [5.41, 5.74) is -0.879. The zero-order valence-electron chi connectivity index (χ0n) is 12.4. The highest BCUT2D eigenvalue weighted by Gasteiger charge is 2.54. The van der Waals surface area contributed by atoms with Crippen LogP contribution < -0.4 is 5.32 Å². The molecule has 0 radical (unpaired) electrons. The van der Waals surface area contributed by atoms with Crippen LogP contribution in [0, 0.1) is 5.41 Å². The Morgan fingerprint density at radius 1 is 1.26 bits per heavy atom. The van der Waals surface area contributed by atoms with E-state index in [9.17, 15) is 9.59 Å². The van der Waals surface area contributed by atoms with Gasteiger partial charge in [-0.2, -0.15) is 0 Å². The minimum Gasteiger partial charge on any atom is -0.381 e. The lowest BCUT2D eigenvalue weighted by Gasteiger charge is -2.55.